The first-order chi connectivity index (χ1) is 26.3. The minimum Gasteiger partial charge on any atom is -0.310 e. The van der Waals surface area contributed by atoms with Crippen molar-refractivity contribution in [3.05, 3.63) is 205 Å². The molecule has 0 spiro atoms. The molecular weight excluding hydrogens is 641 g/mol. The molecule has 254 valence electrons. The van der Waals surface area contributed by atoms with E-state index < -0.39 is 0 Å². The quantitative estimate of drug-likeness (QED) is 0.158. The molecule has 8 aromatic rings. The Morgan fingerprint density at radius 2 is 0.679 bits per heavy atom. The van der Waals surface area contributed by atoms with E-state index in [4.69, 9.17) is 0 Å². The second-order valence-corrected chi connectivity index (χ2v) is 14.5. The molecule has 2 nitrogen and oxygen atoms in total. The van der Waals surface area contributed by atoms with Crippen LogP contribution < -0.4 is 9.80 Å². The second kappa shape index (κ2) is 13.3. The second-order valence-electron chi connectivity index (χ2n) is 14.5. The first-order valence-electron chi connectivity index (χ1n) is 18.9. The minimum absolute atomic E-state index is 0.611. The number of para-hydroxylation sites is 2. The van der Waals surface area contributed by atoms with Gasteiger partial charge in [0.05, 0.1) is 11.4 Å². The highest BCUT2D eigenvalue weighted by atomic mass is 15.1. The number of hydrogen-bond acceptors (Lipinski definition) is 2. The molecule has 0 aliphatic heterocycles. The third-order valence-corrected chi connectivity index (χ3v) is 11.5. The average Bonchev–Trinajstić information content (AvgIpc) is 3.86. The molecular formula is C51H40N2. The predicted molar refractivity (Wildman–Crippen MR) is 225 cm³/mol. The maximum absolute atomic E-state index is 2.40. The first kappa shape index (κ1) is 31.4. The lowest BCUT2D eigenvalue weighted by molar-refractivity contribution is 0.705. The van der Waals surface area contributed by atoms with Gasteiger partial charge in [-0.3, -0.25) is 0 Å². The zero-order chi connectivity index (χ0) is 35.1. The minimum atomic E-state index is 0.611. The Bertz CT molecular complexity index is 2400. The van der Waals surface area contributed by atoms with E-state index in [-0.39, 0.29) is 0 Å². The Labute approximate surface area is 311 Å². The van der Waals surface area contributed by atoms with Gasteiger partial charge in [0.15, 0.2) is 0 Å². The van der Waals surface area contributed by atoms with Crippen LogP contribution in [0.4, 0.5) is 34.1 Å². The van der Waals surface area contributed by atoms with E-state index in [1.165, 1.54) is 74.7 Å². The predicted octanol–water partition coefficient (Wildman–Crippen LogP) is 14.3. The van der Waals surface area contributed by atoms with Gasteiger partial charge in [0.25, 0.3) is 0 Å². The normalized spacial score (nSPS) is 16.4. The molecule has 53 heavy (non-hydrogen) atoms. The monoisotopic (exact) mass is 680 g/mol. The van der Waals surface area contributed by atoms with Crippen molar-refractivity contribution in [2.75, 3.05) is 9.80 Å². The average molecular weight is 681 g/mol. The van der Waals surface area contributed by atoms with Gasteiger partial charge in [0.2, 0.25) is 0 Å². The highest BCUT2D eigenvalue weighted by Gasteiger charge is 2.40. The molecule has 1 fully saturated rings. The first-order valence-corrected chi connectivity index (χ1v) is 18.9. The molecule has 0 saturated heterocycles. The fraction of sp³-hybridized carbons (Fsp3) is 0.0980. The summed E-state index contributed by atoms with van der Waals surface area (Å²) < 4.78 is 0. The summed E-state index contributed by atoms with van der Waals surface area (Å²) in [5.41, 5.74) is 12.8. The van der Waals surface area contributed by atoms with Crippen LogP contribution in [0.1, 0.15) is 30.4 Å². The van der Waals surface area contributed by atoms with E-state index in [9.17, 15) is 0 Å². The summed E-state index contributed by atoms with van der Waals surface area (Å²) in [5.74, 6) is 1.22. The van der Waals surface area contributed by atoms with Gasteiger partial charge >= 0.3 is 0 Å². The summed E-state index contributed by atoms with van der Waals surface area (Å²) in [6, 6.07) is 70.9. The number of anilines is 6. The van der Waals surface area contributed by atoms with E-state index in [1.54, 1.807) is 11.1 Å². The molecule has 0 aromatic heterocycles. The van der Waals surface area contributed by atoms with Crippen LogP contribution in [-0.2, 0) is 0 Å². The summed E-state index contributed by atoms with van der Waals surface area (Å²) in [6.45, 7) is 0. The fourth-order valence-electron chi connectivity index (χ4n) is 9.12. The van der Waals surface area contributed by atoms with Gasteiger partial charge < -0.3 is 9.80 Å². The third-order valence-electron chi connectivity index (χ3n) is 11.5. The molecule has 2 heteroatoms. The molecule has 10 rings (SSSR count). The van der Waals surface area contributed by atoms with E-state index in [0.29, 0.717) is 11.8 Å². The highest BCUT2D eigenvalue weighted by molar-refractivity contribution is 6.01. The SMILES string of the molecule is c1ccc(N(c2ccc(C3=C(c4ccc(N(c5ccccc5)c5cccc6ccccc56)cc4)C4CCC3C4)cc2)c2cccc3ccccc23)cc1. The molecule has 0 N–H and O–H groups in total. The van der Waals surface area contributed by atoms with E-state index in [1.807, 2.05) is 0 Å². The van der Waals surface area contributed by atoms with Crippen LogP contribution in [0.15, 0.2) is 194 Å². The molecule has 8 aromatic carbocycles. The van der Waals surface area contributed by atoms with Crippen LogP contribution in [0.5, 0.6) is 0 Å². The summed E-state index contributed by atoms with van der Waals surface area (Å²) in [6.07, 6.45) is 3.81. The Morgan fingerprint density at radius 1 is 0.321 bits per heavy atom. The summed E-state index contributed by atoms with van der Waals surface area (Å²) >= 11 is 0. The van der Waals surface area contributed by atoms with Crippen molar-refractivity contribution >= 4 is 66.8 Å². The van der Waals surface area contributed by atoms with Crippen LogP contribution in [-0.4, -0.2) is 0 Å². The summed E-state index contributed by atoms with van der Waals surface area (Å²) in [4.78, 5) is 4.80. The van der Waals surface area contributed by atoms with Crippen molar-refractivity contribution in [3.63, 3.8) is 0 Å². The highest BCUT2D eigenvalue weighted by Crippen LogP contribution is 2.56. The lowest BCUT2D eigenvalue weighted by Crippen LogP contribution is -2.11. The number of fused-ring (bicyclic) bond motifs is 4. The molecule has 2 atom stereocenters. The van der Waals surface area contributed by atoms with Gasteiger partial charge in [-0.1, -0.05) is 133 Å². The molecule has 0 amide bonds. The number of allylic oxidation sites excluding steroid dienone is 2. The summed E-state index contributed by atoms with van der Waals surface area (Å²) in [7, 11) is 0. The lowest BCUT2D eigenvalue weighted by atomic mass is 9.84. The fourth-order valence-corrected chi connectivity index (χ4v) is 9.12. The van der Waals surface area contributed by atoms with Gasteiger partial charge in [-0.2, -0.15) is 0 Å². The van der Waals surface area contributed by atoms with Crippen molar-refractivity contribution < 1.29 is 0 Å². The Morgan fingerprint density at radius 3 is 1.11 bits per heavy atom. The van der Waals surface area contributed by atoms with Crippen LogP contribution in [0.2, 0.25) is 0 Å². The zero-order valence-corrected chi connectivity index (χ0v) is 29.6. The topological polar surface area (TPSA) is 6.48 Å². The standard InChI is InChI=1S/C51H40N2/c1-3-17-42(18-4-1)52(48-23-11-15-36-13-7-9-21-46(36)48)44-31-27-38(28-32-44)50-40-25-26-41(35-40)51(50)39-29-33-45(34-30-39)53(43-19-5-2-6-20-43)49-24-12-16-37-14-8-10-22-47(37)49/h1-24,27-34,40-41H,25-26,35H2. The van der Waals surface area contributed by atoms with Gasteiger partial charge in [-0.25, -0.2) is 0 Å². The third kappa shape index (κ3) is 5.59. The van der Waals surface area contributed by atoms with Gasteiger partial charge in [-0.05, 0) is 125 Å². The van der Waals surface area contributed by atoms with Crippen molar-refractivity contribution in [1.29, 1.82) is 0 Å². The molecule has 2 aliphatic carbocycles. The van der Waals surface area contributed by atoms with Crippen molar-refractivity contribution in [2.24, 2.45) is 11.8 Å². The summed E-state index contributed by atoms with van der Waals surface area (Å²) in [5, 5.41) is 4.98. The van der Waals surface area contributed by atoms with Crippen LogP contribution >= 0.6 is 0 Å². The maximum atomic E-state index is 2.40. The van der Waals surface area contributed by atoms with Crippen LogP contribution in [0.3, 0.4) is 0 Å². The van der Waals surface area contributed by atoms with Crippen LogP contribution in [0, 0.1) is 11.8 Å². The van der Waals surface area contributed by atoms with Crippen molar-refractivity contribution in [2.45, 2.75) is 19.3 Å². The Hall–Kier alpha value is -6.38. The molecule has 0 radical (unpaired) electrons. The lowest BCUT2D eigenvalue weighted by Gasteiger charge is -2.28. The van der Waals surface area contributed by atoms with Crippen molar-refractivity contribution in [3.8, 4) is 0 Å². The molecule has 1 saturated carbocycles. The number of benzene rings is 8. The van der Waals surface area contributed by atoms with E-state index in [2.05, 4.69) is 204 Å². The Kier molecular flexibility index (Phi) is 7.87. The van der Waals surface area contributed by atoms with Gasteiger partial charge in [0, 0.05) is 33.5 Å². The zero-order valence-electron chi connectivity index (χ0n) is 29.6. The van der Waals surface area contributed by atoms with E-state index >= 15 is 0 Å². The molecule has 2 bridgehead atoms. The molecule has 2 unspecified atom stereocenters. The van der Waals surface area contributed by atoms with Crippen LogP contribution in [0.25, 0.3) is 32.7 Å². The number of nitrogens with zero attached hydrogens (tertiary/aromatic N) is 2. The number of hydrogen-bond donors (Lipinski definition) is 0. The van der Waals surface area contributed by atoms with Gasteiger partial charge in [-0.15, -0.1) is 0 Å². The maximum Gasteiger partial charge on any atom is 0.0540 e. The molecule has 2 aliphatic rings. The largest absolute Gasteiger partial charge is 0.310 e. The number of rotatable bonds is 8. The van der Waals surface area contributed by atoms with E-state index in [0.717, 1.165) is 11.4 Å². The smallest absolute Gasteiger partial charge is 0.0540 e. The van der Waals surface area contributed by atoms with Crippen molar-refractivity contribution in [1.82, 2.24) is 0 Å². The molecule has 0 heterocycles. The Balaban J connectivity index is 1.04. The van der Waals surface area contributed by atoms with Gasteiger partial charge in [0.1, 0.15) is 0 Å².